The van der Waals surface area contributed by atoms with Crippen molar-refractivity contribution in [2.45, 2.75) is 214 Å². The molecule has 1 heteroatoms. The van der Waals surface area contributed by atoms with E-state index in [-0.39, 0.29) is 0 Å². The second kappa shape index (κ2) is 31.5. The Hall–Kier alpha value is -0.0400. The molecular formula is C37H78N+. The maximum absolute atomic E-state index is 2.46. The van der Waals surface area contributed by atoms with Crippen molar-refractivity contribution in [3.05, 3.63) is 0 Å². The van der Waals surface area contributed by atoms with Gasteiger partial charge in [-0.15, -0.1) is 0 Å². The zero-order valence-corrected chi connectivity index (χ0v) is 27.8. The van der Waals surface area contributed by atoms with Crippen molar-refractivity contribution in [3.63, 3.8) is 0 Å². The van der Waals surface area contributed by atoms with Gasteiger partial charge in [-0.1, -0.05) is 175 Å². The van der Waals surface area contributed by atoms with Gasteiger partial charge < -0.3 is 4.48 Å². The lowest BCUT2D eigenvalue weighted by Crippen LogP contribution is -2.49. The van der Waals surface area contributed by atoms with Gasteiger partial charge in [0.15, 0.2) is 0 Å². The van der Waals surface area contributed by atoms with E-state index in [1.54, 1.807) is 0 Å². The number of unbranched alkanes of at least 4 members (excludes halogenated alkanes) is 26. The molecule has 0 unspecified atom stereocenters. The molecule has 0 aromatic rings. The summed E-state index contributed by atoms with van der Waals surface area (Å²) >= 11 is 0. The molecule has 0 bridgehead atoms. The van der Waals surface area contributed by atoms with Crippen LogP contribution < -0.4 is 0 Å². The van der Waals surface area contributed by atoms with Gasteiger partial charge in [-0.2, -0.15) is 0 Å². The number of hydrogen-bond donors (Lipinski definition) is 0. The van der Waals surface area contributed by atoms with E-state index in [4.69, 9.17) is 0 Å². The molecule has 0 aliphatic rings. The summed E-state index contributed by atoms with van der Waals surface area (Å²) < 4.78 is 1.41. The van der Waals surface area contributed by atoms with Gasteiger partial charge in [0, 0.05) is 0 Å². The van der Waals surface area contributed by atoms with Gasteiger partial charge in [-0.05, 0) is 39.0 Å². The highest BCUT2D eigenvalue weighted by Gasteiger charge is 2.23. The van der Waals surface area contributed by atoms with Crippen molar-refractivity contribution in [1.29, 1.82) is 0 Å². The largest absolute Gasteiger partial charge is 0.324 e. The smallest absolute Gasteiger partial charge is 0.0786 e. The maximum atomic E-state index is 2.46. The normalized spacial score (nSPS) is 12.0. The van der Waals surface area contributed by atoms with Crippen LogP contribution in [-0.2, 0) is 0 Å². The van der Waals surface area contributed by atoms with E-state index < -0.39 is 0 Å². The minimum absolute atomic E-state index is 1.35. The molecule has 0 atom stereocenters. The molecule has 0 fully saturated rings. The minimum atomic E-state index is 1.35. The summed E-state index contributed by atoms with van der Waals surface area (Å²) in [7, 11) is 0. The molecule has 38 heavy (non-hydrogen) atoms. The molecule has 0 amide bonds. The fraction of sp³-hybridized carbons (Fsp3) is 1.00. The highest BCUT2D eigenvalue weighted by molar-refractivity contribution is 4.53. The molecule has 0 spiro atoms. The number of quaternary nitrogens is 1. The van der Waals surface area contributed by atoms with E-state index in [0.29, 0.717) is 0 Å². The molecule has 0 aromatic carbocycles. The Balaban J connectivity index is 3.66. The van der Waals surface area contributed by atoms with Crippen LogP contribution in [0.2, 0.25) is 0 Å². The zero-order valence-electron chi connectivity index (χ0n) is 27.8. The third-order valence-electron chi connectivity index (χ3n) is 9.34. The van der Waals surface area contributed by atoms with Crippen molar-refractivity contribution in [3.8, 4) is 0 Å². The molecule has 0 saturated carbocycles. The van der Waals surface area contributed by atoms with Crippen molar-refractivity contribution in [2.24, 2.45) is 0 Å². The van der Waals surface area contributed by atoms with Gasteiger partial charge >= 0.3 is 0 Å². The summed E-state index contributed by atoms with van der Waals surface area (Å²) in [5.74, 6) is 0. The first-order valence-corrected chi connectivity index (χ1v) is 18.6. The fourth-order valence-corrected chi connectivity index (χ4v) is 6.57. The summed E-state index contributed by atoms with van der Waals surface area (Å²) in [5, 5.41) is 0. The third kappa shape index (κ3) is 26.2. The number of hydrogen-bond acceptors (Lipinski definition) is 0. The van der Waals surface area contributed by atoms with E-state index in [0.717, 1.165) is 0 Å². The van der Waals surface area contributed by atoms with Gasteiger partial charge in [-0.3, -0.25) is 0 Å². The van der Waals surface area contributed by atoms with Crippen LogP contribution in [0.25, 0.3) is 0 Å². The van der Waals surface area contributed by atoms with Crippen LogP contribution in [0.4, 0.5) is 0 Å². The van der Waals surface area contributed by atoms with Crippen molar-refractivity contribution in [1.82, 2.24) is 0 Å². The standard InChI is InChI=1S/C37H78N/c1-5-9-11-13-15-17-19-21-23-25-27-29-31-33-36-38(8-4,35-7-3)37-34-32-30-28-26-24-22-20-18-16-14-12-10-6-2/h5-37H2,1-4H3/q+1. The summed E-state index contributed by atoms with van der Waals surface area (Å²) in [6.45, 7) is 15.1. The van der Waals surface area contributed by atoms with Crippen LogP contribution in [0.1, 0.15) is 214 Å². The third-order valence-corrected chi connectivity index (χ3v) is 9.34. The van der Waals surface area contributed by atoms with Crippen LogP contribution in [0.15, 0.2) is 0 Å². The second-order valence-corrected chi connectivity index (χ2v) is 13.0. The van der Waals surface area contributed by atoms with E-state index in [1.807, 2.05) is 0 Å². The fourth-order valence-electron chi connectivity index (χ4n) is 6.57. The molecule has 0 saturated heterocycles. The van der Waals surface area contributed by atoms with Gasteiger partial charge in [0.2, 0.25) is 0 Å². The molecule has 1 nitrogen and oxygen atoms in total. The minimum Gasteiger partial charge on any atom is -0.324 e. The lowest BCUT2D eigenvalue weighted by molar-refractivity contribution is -0.927. The van der Waals surface area contributed by atoms with Crippen molar-refractivity contribution >= 4 is 0 Å². The van der Waals surface area contributed by atoms with Crippen LogP contribution in [0, 0.1) is 0 Å². The Bertz CT molecular complexity index is 385. The van der Waals surface area contributed by atoms with E-state index in [9.17, 15) is 0 Å². The predicted octanol–water partition coefficient (Wildman–Crippen LogP) is 13.2. The van der Waals surface area contributed by atoms with Gasteiger partial charge in [-0.25, -0.2) is 0 Å². The molecule has 0 aromatic heterocycles. The Kier molecular flexibility index (Phi) is 31.5. The van der Waals surface area contributed by atoms with Gasteiger partial charge in [0.25, 0.3) is 0 Å². The number of rotatable bonds is 33. The zero-order chi connectivity index (χ0) is 27.8. The van der Waals surface area contributed by atoms with E-state index in [1.165, 1.54) is 217 Å². The molecule has 0 rings (SSSR count). The van der Waals surface area contributed by atoms with Crippen molar-refractivity contribution < 1.29 is 4.48 Å². The quantitative estimate of drug-likeness (QED) is 0.0577. The van der Waals surface area contributed by atoms with E-state index in [2.05, 4.69) is 27.7 Å². The Morgan fingerprint density at radius 2 is 0.474 bits per heavy atom. The van der Waals surface area contributed by atoms with E-state index >= 15 is 0 Å². The van der Waals surface area contributed by atoms with Crippen molar-refractivity contribution in [2.75, 3.05) is 26.2 Å². The molecule has 0 N–H and O–H groups in total. The van der Waals surface area contributed by atoms with Crippen LogP contribution in [0.3, 0.4) is 0 Å². The highest BCUT2D eigenvalue weighted by Crippen LogP contribution is 2.18. The van der Waals surface area contributed by atoms with Gasteiger partial charge in [0.05, 0.1) is 26.2 Å². The highest BCUT2D eigenvalue weighted by atomic mass is 15.3. The SMILES string of the molecule is CCCCCCCCCCCCCCCC[N+](CC)(CCC)CCCCCCCCCCCCCCCC. The summed E-state index contributed by atoms with van der Waals surface area (Å²) in [5.41, 5.74) is 0. The summed E-state index contributed by atoms with van der Waals surface area (Å²) in [4.78, 5) is 0. The first kappa shape index (κ1) is 38.0. The van der Waals surface area contributed by atoms with Gasteiger partial charge in [0.1, 0.15) is 0 Å². The predicted molar refractivity (Wildman–Crippen MR) is 176 cm³/mol. The summed E-state index contributed by atoms with van der Waals surface area (Å²) in [6.07, 6.45) is 42.5. The van der Waals surface area contributed by atoms with Crippen LogP contribution in [-0.4, -0.2) is 30.7 Å². The first-order chi connectivity index (χ1) is 18.7. The lowest BCUT2D eigenvalue weighted by atomic mass is 10.0. The number of nitrogens with zero attached hydrogens (tertiary/aromatic N) is 1. The van der Waals surface area contributed by atoms with Crippen LogP contribution in [0.5, 0.6) is 0 Å². The molecule has 0 heterocycles. The molecule has 0 aliphatic heterocycles. The first-order valence-electron chi connectivity index (χ1n) is 18.6. The Morgan fingerprint density at radius 1 is 0.237 bits per heavy atom. The Morgan fingerprint density at radius 3 is 0.684 bits per heavy atom. The van der Waals surface area contributed by atoms with Crippen LogP contribution >= 0.6 is 0 Å². The monoisotopic (exact) mass is 537 g/mol. The topological polar surface area (TPSA) is 0 Å². The summed E-state index contributed by atoms with van der Waals surface area (Å²) in [6, 6.07) is 0. The lowest BCUT2D eigenvalue weighted by Gasteiger charge is -2.38. The maximum Gasteiger partial charge on any atom is 0.0786 e. The molecule has 230 valence electrons. The average molecular weight is 537 g/mol. The molecule has 0 radical (unpaired) electrons. The second-order valence-electron chi connectivity index (χ2n) is 13.0. The molecular weight excluding hydrogens is 458 g/mol. The Labute approximate surface area is 244 Å². The average Bonchev–Trinajstić information content (AvgIpc) is 2.93. The molecule has 0 aliphatic carbocycles.